The first-order valence-corrected chi connectivity index (χ1v) is 10.9. The summed E-state index contributed by atoms with van der Waals surface area (Å²) in [6, 6.07) is -1.34. The SMILES string of the molecule is CC(C(=O)N1CCN(S(=O)(=O)c2cnn(C)c2)CC1)n1nc(C(F)F)c(Cl)c1C(F)F. The van der Waals surface area contributed by atoms with Gasteiger partial charge in [-0.15, -0.1) is 0 Å². The number of rotatable bonds is 6. The molecule has 0 radical (unpaired) electrons. The molecule has 1 atom stereocenters. The minimum absolute atomic E-state index is 0.00966. The summed E-state index contributed by atoms with van der Waals surface area (Å²) in [5.41, 5.74) is -1.99. The molecule has 0 saturated carbocycles. The van der Waals surface area contributed by atoms with Crippen molar-refractivity contribution in [2.24, 2.45) is 7.05 Å². The Balaban J connectivity index is 1.75. The van der Waals surface area contributed by atoms with Crippen LogP contribution in [0.15, 0.2) is 17.3 Å². The van der Waals surface area contributed by atoms with Crippen LogP contribution in [0.25, 0.3) is 0 Å². The highest BCUT2D eigenvalue weighted by Crippen LogP contribution is 2.36. The van der Waals surface area contributed by atoms with Gasteiger partial charge in [-0.05, 0) is 6.92 Å². The Morgan fingerprint density at radius 3 is 2.23 bits per heavy atom. The van der Waals surface area contributed by atoms with Gasteiger partial charge >= 0.3 is 0 Å². The summed E-state index contributed by atoms with van der Waals surface area (Å²) in [4.78, 5) is 14.1. The van der Waals surface area contributed by atoms with Gasteiger partial charge in [-0.2, -0.15) is 14.5 Å². The third-order valence-corrected chi connectivity index (χ3v) is 7.16. The molecule has 0 aromatic carbocycles. The van der Waals surface area contributed by atoms with Crippen LogP contribution >= 0.6 is 11.6 Å². The number of amides is 1. The van der Waals surface area contributed by atoms with Crippen molar-refractivity contribution in [1.29, 1.82) is 0 Å². The quantitative estimate of drug-likeness (QED) is 0.584. The van der Waals surface area contributed by atoms with Gasteiger partial charge in [-0.3, -0.25) is 9.48 Å². The molecule has 0 spiro atoms. The maximum absolute atomic E-state index is 13.4. The number of piperazine rings is 1. The molecule has 0 aliphatic carbocycles. The average molecular weight is 487 g/mol. The highest BCUT2D eigenvalue weighted by molar-refractivity contribution is 7.89. The van der Waals surface area contributed by atoms with Crippen LogP contribution in [0.2, 0.25) is 5.02 Å². The molecule has 3 rings (SSSR count). The van der Waals surface area contributed by atoms with Gasteiger partial charge in [0, 0.05) is 39.4 Å². The minimum atomic E-state index is -3.80. The van der Waals surface area contributed by atoms with E-state index in [2.05, 4.69) is 10.2 Å². The molecule has 9 nitrogen and oxygen atoms in total. The molecule has 1 amide bonds. The van der Waals surface area contributed by atoms with E-state index in [1.54, 1.807) is 7.05 Å². The molecule has 1 aliphatic heterocycles. The van der Waals surface area contributed by atoms with Crippen molar-refractivity contribution in [3.8, 4) is 0 Å². The molecule has 3 heterocycles. The summed E-state index contributed by atoms with van der Waals surface area (Å²) in [7, 11) is -2.22. The van der Waals surface area contributed by atoms with E-state index >= 15 is 0 Å². The maximum Gasteiger partial charge on any atom is 0.283 e. The topological polar surface area (TPSA) is 93.3 Å². The first kappa shape index (κ1) is 23.5. The Morgan fingerprint density at radius 1 is 1.13 bits per heavy atom. The Hall–Kier alpha value is -2.19. The van der Waals surface area contributed by atoms with E-state index in [1.165, 1.54) is 33.2 Å². The number of carbonyl (C=O) groups is 1. The number of sulfonamides is 1. The fourth-order valence-electron chi connectivity index (χ4n) is 3.27. The van der Waals surface area contributed by atoms with E-state index in [9.17, 15) is 30.8 Å². The highest BCUT2D eigenvalue weighted by Gasteiger charge is 2.36. The molecule has 1 fully saturated rings. The van der Waals surface area contributed by atoms with E-state index in [0.717, 1.165) is 0 Å². The Kier molecular flexibility index (Phi) is 6.62. The molecule has 1 unspecified atom stereocenters. The fourth-order valence-corrected chi connectivity index (χ4v) is 4.97. The summed E-state index contributed by atoms with van der Waals surface area (Å²) < 4.78 is 81.1. The lowest BCUT2D eigenvalue weighted by Gasteiger charge is -2.35. The first-order chi connectivity index (χ1) is 14.4. The van der Waals surface area contributed by atoms with Crippen molar-refractivity contribution in [2.75, 3.05) is 26.2 Å². The van der Waals surface area contributed by atoms with Crippen LogP contribution in [0.3, 0.4) is 0 Å². The molecular formula is C16H19ClF4N6O3S. The van der Waals surface area contributed by atoms with Crippen LogP contribution in [-0.2, 0) is 21.9 Å². The van der Waals surface area contributed by atoms with Crippen molar-refractivity contribution in [2.45, 2.75) is 30.7 Å². The minimum Gasteiger partial charge on any atom is -0.338 e. The summed E-state index contributed by atoms with van der Waals surface area (Å²) in [5.74, 6) is -0.666. The van der Waals surface area contributed by atoms with Gasteiger partial charge in [0.15, 0.2) is 0 Å². The maximum atomic E-state index is 13.4. The fraction of sp³-hybridized carbons (Fsp3) is 0.562. The van der Waals surface area contributed by atoms with Crippen LogP contribution in [0.5, 0.6) is 0 Å². The van der Waals surface area contributed by atoms with E-state index < -0.39 is 51.2 Å². The van der Waals surface area contributed by atoms with Gasteiger partial charge in [0.05, 0.1) is 11.2 Å². The molecule has 2 aromatic rings. The monoisotopic (exact) mass is 486 g/mol. The second-order valence-corrected chi connectivity index (χ2v) is 9.20. The van der Waals surface area contributed by atoms with Crippen LogP contribution < -0.4 is 0 Å². The normalized spacial score (nSPS) is 17.0. The lowest BCUT2D eigenvalue weighted by molar-refractivity contribution is -0.135. The molecule has 15 heteroatoms. The number of aryl methyl sites for hydroxylation is 1. The van der Waals surface area contributed by atoms with Crippen LogP contribution in [-0.4, -0.2) is 69.3 Å². The highest BCUT2D eigenvalue weighted by atomic mass is 35.5. The lowest BCUT2D eigenvalue weighted by atomic mass is 10.2. The van der Waals surface area contributed by atoms with Gasteiger partial charge in [0.25, 0.3) is 12.9 Å². The molecule has 31 heavy (non-hydrogen) atoms. The molecular weight excluding hydrogens is 468 g/mol. The zero-order valence-electron chi connectivity index (χ0n) is 16.4. The number of nitrogens with zero attached hydrogens (tertiary/aromatic N) is 6. The predicted octanol–water partition coefficient (Wildman–Crippen LogP) is 2.24. The van der Waals surface area contributed by atoms with E-state index in [4.69, 9.17) is 11.6 Å². The largest absolute Gasteiger partial charge is 0.338 e. The molecule has 0 bridgehead atoms. The van der Waals surface area contributed by atoms with Gasteiger partial charge in [0.1, 0.15) is 22.3 Å². The number of hydrogen-bond acceptors (Lipinski definition) is 5. The molecule has 172 valence electrons. The number of halogens is 5. The van der Waals surface area contributed by atoms with Crippen molar-refractivity contribution in [3.05, 3.63) is 28.8 Å². The van der Waals surface area contributed by atoms with E-state index in [1.807, 2.05) is 0 Å². The molecule has 1 saturated heterocycles. The van der Waals surface area contributed by atoms with Crippen molar-refractivity contribution >= 4 is 27.5 Å². The van der Waals surface area contributed by atoms with Gasteiger partial charge in [-0.25, -0.2) is 30.7 Å². The van der Waals surface area contributed by atoms with E-state index in [-0.39, 0.29) is 31.1 Å². The summed E-state index contributed by atoms with van der Waals surface area (Å²) in [6.45, 7) is 1.16. The van der Waals surface area contributed by atoms with Crippen LogP contribution in [0.1, 0.15) is 37.2 Å². The number of carbonyl (C=O) groups excluding carboxylic acids is 1. The van der Waals surface area contributed by atoms with Gasteiger partial charge in [0.2, 0.25) is 15.9 Å². The van der Waals surface area contributed by atoms with Crippen molar-refractivity contribution in [1.82, 2.24) is 28.8 Å². The van der Waals surface area contributed by atoms with Crippen molar-refractivity contribution < 1.29 is 30.8 Å². The standard InChI is InChI=1S/C16H19ClF4N6O3S/c1-9(27-13(15(20)21)11(17)12(23-27)14(18)19)16(28)25-3-5-26(6-4-25)31(29,30)10-7-22-24(2)8-10/h7-9,14-15H,3-6H2,1-2H3. The Bertz CT molecular complexity index is 1070. The van der Waals surface area contributed by atoms with Gasteiger partial charge in [-0.1, -0.05) is 11.6 Å². The van der Waals surface area contributed by atoms with Crippen LogP contribution in [0.4, 0.5) is 17.6 Å². The summed E-state index contributed by atoms with van der Waals surface area (Å²) in [6.07, 6.45) is -3.84. The Labute approximate surface area is 180 Å². The second kappa shape index (κ2) is 8.74. The third-order valence-electron chi connectivity index (χ3n) is 4.92. The van der Waals surface area contributed by atoms with Crippen molar-refractivity contribution in [3.63, 3.8) is 0 Å². The third kappa shape index (κ3) is 4.41. The average Bonchev–Trinajstić information content (AvgIpc) is 3.30. The smallest absolute Gasteiger partial charge is 0.283 e. The number of alkyl halides is 4. The predicted molar refractivity (Wildman–Crippen MR) is 100 cm³/mol. The van der Waals surface area contributed by atoms with Gasteiger partial charge < -0.3 is 4.90 Å². The second-order valence-electron chi connectivity index (χ2n) is 6.89. The zero-order chi connectivity index (χ0) is 23.1. The summed E-state index contributed by atoms with van der Waals surface area (Å²) in [5, 5.41) is 6.39. The number of aromatic nitrogens is 4. The molecule has 0 N–H and O–H groups in total. The number of hydrogen-bond donors (Lipinski definition) is 0. The zero-order valence-corrected chi connectivity index (χ0v) is 18.0. The Morgan fingerprint density at radius 2 is 1.74 bits per heavy atom. The molecule has 2 aromatic heterocycles. The molecule has 1 aliphatic rings. The van der Waals surface area contributed by atoms with E-state index in [0.29, 0.717) is 4.68 Å². The summed E-state index contributed by atoms with van der Waals surface area (Å²) >= 11 is 5.63. The lowest BCUT2D eigenvalue weighted by Crippen LogP contribution is -2.51. The first-order valence-electron chi connectivity index (χ1n) is 9.06. The van der Waals surface area contributed by atoms with Crippen LogP contribution in [0, 0.1) is 0 Å².